The van der Waals surface area contributed by atoms with Gasteiger partial charge in [0.2, 0.25) is 0 Å². The largest absolute Gasteiger partial charge is 0.384 e. The average molecular weight is 339 g/mol. The topological polar surface area (TPSA) is 62.3 Å². The second-order valence-corrected chi connectivity index (χ2v) is 6.36. The number of nitrogens with zero attached hydrogens (tertiary/aromatic N) is 3. The van der Waals surface area contributed by atoms with E-state index in [1.807, 2.05) is 53.4 Å². The van der Waals surface area contributed by atoms with Gasteiger partial charge in [-0.05, 0) is 37.1 Å². The smallest absolute Gasteiger partial charge is 0.260 e. The Morgan fingerprint density at radius 1 is 1.12 bits per heavy atom. The summed E-state index contributed by atoms with van der Waals surface area (Å²) in [5.74, 6) is 1.23. The quantitative estimate of drug-likeness (QED) is 0.714. The summed E-state index contributed by atoms with van der Waals surface area (Å²) in [6.45, 7) is 1.94. The first-order valence-electron chi connectivity index (χ1n) is 8.46. The molecule has 6 heteroatoms. The molecule has 0 spiro atoms. The van der Waals surface area contributed by atoms with Crippen molar-refractivity contribution in [1.82, 2.24) is 14.7 Å². The van der Waals surface area contributed by atoms with Gasteiger partial charge in [0.1, 0.15) is 0 Å². The molecule has 3 heterocycles. The predicted molar refractivity (Wildman–Crippen MR) is 92.7 cm³/mol. The van der Waals surface area contributed by atoms with Crippen LogP contribution < -0.4 is 0 Å². The lowest BCUT2D eigenvalue weighted by Gasteiger charge is -2.33. The highest BCUT2D eigenvalue weighted by atomic mass is 16.5. The molecule has 1 aromatic carbocycles. The second-order valence-electron chi connectivity index (χ2n) is 6.36. The lowest BCUT2D eigenvalue weighted by Crippen LogP contribution is -2.39. The van der Waals surface area contributed by atoms with Crippen LogP contribution in [0.2, 0.25) is 0 Å². The maximum atomic E-state index is 5.64. The molecule has 0 amide bonds. The van der Waals surface area contributed by atoms with E-state index in [9.17, 15) is 0 Å². The van der Waals surface area contributed by atoms with Gasteiger partial charge in [0, 0.05) is 32.7 Å². The third kappa shape index (κ3) is 2.99. The third-order valence-corrected chi connectivity index (χ3v) is 4.79. The van der Waals surface area contributed by atoms with Crippen molar-refractivity contribution in [2.75, 3.05) is 26.9 Å². The van der Waals surface area contributed by atoms with Crippen LogP contribution in [0.1, 0.15) is 18.7 Å². The maximum Gasteiger partial charge on any atom is 0.260 e. The number of para-hydroxylation sites is 1. The summed E-state index contributed by atoms with van der Waals surface area (Å²) in [6, 6.07) is 12.0. The van der Waals surface area contributed by atoms with E-state index < -0.39 is 0 Å². The Kier molecular flexibility index (Phi) is 4.38. The first-order chi connectivity index (χ1) is 12.3. The van der Waals surface area contributed by atoms with E-state index >= 15 is 0 Å². The van der Waals surface area contributed by atoms with Gasteiger partial charge in [-0.2, -0.15) is 4.98 Å². The molecule has 3 aromatic rings. The average Bonchev–Trinajstić information content (AvgIpc) is 3.35. The molecule has 4 rings (SSSR count). The van der Waals surface area contributed by atoms with Crippen LogP contribution in [0.5, 0.6) is 0 Å². The van der Waals surface area contributed by atoms with Crippen LogP contribution in [0, 0.1) is 0 Å². The normalized spacial score (nSPS) is 16.8. The lowest BCUT2D eigenvalue weighted by molar-refractivity contribution is 0.00915. The molecule has 0 unspecified atom stereocenters. The van der Waals surface area contributed by atoms with Crippen molar-refractivity contribution in [3.63, 3.8) is 0 Å². The summed E-state index contributed by atoms with van der Waals surface area (Å²) in [7, 11) is 1.71. The predicted octanol–water partition coefficient (Wildman–Crippen LogP) is 3.22. The Morgan fingerprint density at radius 3 is 2.64 bits per heavy atom. The summed E-state index contributed by atoms with van der Waals surface area (Å²) in [5, 5.41) is 4.30. The summed E-state index contributed by atoms with van der Waals surface area (Å²) in [5.41, 5.74) is 1.68. The molecule has 25 heavy (non-hydrogen) atoms. The van der Waals surface area contributed by atoms with Crippen molar-refractivity contribution < 1.29 is 14.0 Å². The minimum Gasteiger partial charge on any atom is -0.384 e. The molecule has 0 radical (unpaired) electrons. The monoisotopic (exact) mass is 339 g/mol. The van der Waals surface area contributed by atoms with Gasteiger partial charge in [0.15, 0.2) is 5.82 Å². The van der Waals surface area contributed by atoms with Crippen LogP contribution >= 0.6 is 0 Å². The van der Waals surface area contributed by atoms with Crippen LogP contribution in [-0.2, 0) is 14.9 Å². The van der Waals surface area contributed by atoms with E-state index in [1.54, 1.807) is 7.11 Å². The number of rotatable bonds is 5. The molecule has 0 aliphatic carbocycles. The Labute approximate surface area is 146 Å². The summed E-state index contributed by atoms with van der Waals surface area (Å²) >= 11 is 0. The molecule has 0 bridgehead atoms. The van der Waals surface area contributed by atoms with E-state index in [-0.39, 0.29) is 5.41 Å². The van der Waals surface area contributed by atoms with E-state index in [2.05, 4.69) is 5.16 Å². The number of benzene rings is 1. The zero-order chi connectivity index (χ0) is 17.1. The Balaban J connectivity index is 1.73. The SMILES string of the molecule is COCC1(c2noc(-c3ccccc3-n3cccc3)n2)CCOCC1. The van der Waals surface area contributed by atoms with Crippen molar-refractivity contribution in [1.29, 1.82) is 0 Å². The zero-order valence-corrected chi connectivity index (χ0v) is 14.2. The maximum absolute atomic E-state index is 5.64. The summed E-state index contributed by atoms with van der Waals surface area (Å²) < 4.78 is 18.6. The fourth-order valence-electron chi connectivity index (χ4n) is 3.39. The van der Waals surface area contributed by atoms with Gasteiger partial charge >= 0.3 is 0 Å². The highest BCUT2D eigenvalue weighted by Crippen LogP contribution is 2.35. The molecule has 0 atom stereocenters. The molecule has 130 valence electrons. The molecule has 1 saturated heterocycles. The zero-order valence-electron chi connectivity index (χ0n) is 14.2. The van der Waals surface area contributed by atoms with Gasteiger partial charge in [-0.25, -0.2) is 0 Å². The van der Waals surface area contributed by atoms with Gasteiger partial charge in [0.05, 0.1) is 23.3 Å². The minimum absolute atomic E-state index is 0.239. The number of methoxy groups -OCH3 is 1. The van der Waals surface area contributed by atoms with Gasteiger partial charge in [-0.1, -0.05) is 17.3 Å². The molecule has 0 N–H and O–H groups in total. The van der Waals surface area contributed by atoms with Crippen molar-refractivity contribution in [3.8, 4) is 17.1 Å². The van der Waals surface area contributed by atoms with Gasteiger partial charge in [-0.15, -0.1) is 0 Å². The third-order valence-electron chi connectivity index (χ3n) is 4.79. The van der Waals surface area contributed by atoms with Crippen LogP contribution in [0.4, 0.5) is 0 Å². The Hall–Kier alpha value is -2.44. The molecular weight excluding hydrogens is 318 g/mol. The fourth-order valence-corrected chi connectivity index (χ4v) is 3.39. The number of ether oxygens (including phenoxy) is 2. The van der Waals surface area contributed by atoms with Crippen LogP contribution in [0.15, 0.2) is 53.3 Å². The van der Waals surface area contributed by atoms with Gasteiger partial charge in [0.25, 0.3) is 5.89 Å². The van der Waals surface area contributed by atoms with Crippen LogP contribution in [-0.4, -0.2) is 41.6 Å². The summed E-state index contributed by atoms with van der Waals surface area (Å²) in [4.78, 5) is 4.74. The molecule has 6 nitrogen and oxygen atoms in total. The fraction of sp³-hybridized carbons (Fsp3) is 0.368. The van der Waals surface area contributed by atoms with E-state index in [4.69, 9.17) is 19.0 Å². The van der Waals surface area contributed by atoms with Crippen LogP contribution in [0.3, 0.4) is 0 Å². The number of hydrogen-bond donors (Lipinski definition) is 0. The minimum atomic E-state index is -0.239. The van der Waals surface area contributed by atoms with Gasteiger partial charge < -0.3 is 18.6 Å². The van der Waals surface area contributed by atoms with Crippen LogP contribution in [0.25, 0.3) is 17.1 Å². The standard InChI is InChI=1S/C19H21N3O3/c1-23-14-19(8-12-24-13-9-19)18-20-17(25-21-18)15-6-2-3-7-16(15)22-10-4-5-11-22/h2-7,10-11H,8-9,12-14H2,1H3. The van der Waals surface area contributed by atoms with E-state index in [0.29, 0.717) is 31.5 Å². The highest BCUT2D eigenvalue weighted by Gasteiger charge is 2.39. The first kappa shape index (κ1) is 16.1. The first-order valence-corrected chi connectivity index (χ1v) is 8.46. The second kappa shape index (κ2) is 6.82. The van der Waals surface area contributed by atoms with Crippen molar-refractivity contribution in [2.24, 2.45) is 0 Å². The highest BCUT2D eigenvalue weighted by molar-refractivity contribution is 5.66. The van der Waals surface area contributed by atoms with E-state index in [0.717, 1.165) is 24.1 Å². The van der Waals surface area contributed by atoms with Crippen molar-refractivity contribution in [2.45, 2.75) is 18.3 Å². The van der Waals surface area contributed by atoms with Crippen molar-refractivity contribution >= 4 is 0 Å². The molecule has 1 aliphatic heterocycles. The lowest BCUT2D eigenvalue weighted by atomic mass is 9.80. The Morgan fingerprint density at radius 2 is 1.88 bits per heavy atom. The van der Waals surface area contributed by atoms with Crippen molar-refractivity contribution in [3.05, 3.63) is 54.6 Å². The van der Waals surface area contributed by atoms with Gasteiger partial charge in [-0.3, -0.25) is 0 Å². The number of hydrogen-bond acceptors (Lipinski definition) is 5. The molecule has 1 fully saturated rings. The molecular formula is C19H21N3O3. The molecule has 0 saturated carbocycles. The molecule has 1 aliphatic rings. The molecule has 2 aromatic heterocycles. The van der Waals surface area contributed by atoms with E-state index in [1.165, 1.54) is 0 Å². The summed E-state index contributed by atoms with van der Waals surface area (Å²) in [6.07, 6.45) is 5.67. The number of aromatic nitrogens is 3. The Bertz CT molecular complexity index is 815.